The molecule has 1 aliphatic heterocycles. The first kappa shape index (κ1) is 9.34. The fourth-order valence-corrected chi connectivity index (χ4v) is 1.72. The molecule has 1 heterocycles. The molecule has 0 spiro atoms. The van der Waals surface area contributed by atoms with Crippen molar-refractivity contribution in [1.29, 1.82) is 0 Å². The van der Waals surface area contributed by atoms with Gasteiger partial charge in [-0.15, -0.1) is 0 Å². The van der Waals surface area contributed by atoms with E-state index >= 15 is 0 Å². The van der Waals surface area contributed by atoms with Crippen LogP contribution in [0.3, 0.4) is 0 Å². The Labute approximate surface area is 84.7 Å². The number of benzene rings is 1. The van der Waals surface area contributed by atoms with Gasteiger partial charge in [-0.2, -0.15) is 0 Å². The van der Waals surface area contributed by atoms with Crippen molar-refractivity contribution in [3.8, 4) is 5.75 Å². The molecule has 2 rings (SSSR count). The Kier molecular flexibility index (Phi) is 2.59. The molecule has 0 radical (unpaired) electrons. The Morgan fingerprint density at radius 2 is 2.36 bits per heavy atom. The third-order valence-corrected chi connectivity index (χ3v) is 2.50. The summed E-state index contributed by atoms with van der Waals surface area (Å²) in [6.45, 7) is 2.64. The molecule has 0 aromatic heterocycles. The minimum atomic E-state index is 0.784. The first-order valence-corrected chi connectivity index (χ1v) is 4.92. The highest BCUT2D eigenvalue weighted by molar-refractivity contribution is 5.60. The van der Waals surface area contributed by atoms with Crippen molar-refractivity contribution < 1.29 is 4.74 Å². The van der Waals surface area contributed by atoms with E-state index in [4.69, 9.17) is 4.74 Å². The zero-order valence-electron chi connectivity index (χ0n) is 8.71. The quantitative estimate of drug-likeness (QED) is 0.763. The zero-order chi connectivity index (χ0) is 9.97. The molecular weight excluding hydrogens is 176 g/mol. The van der Waals surface area contributed by atoms with Crippen LogP contribution in [0.15, 0.2) is 18.2 Å². The van der Waals surface area contributed by atoms with Crippen molar-refractivity contribution in [3.05, 3.63) is 23.8 Å². The van der Waals surface area contributed by atoms with Crippen LogP contribution in [0.25, 0.3) is 0 Å². The van der Waals surface area contributed by atoms with Gasteiger partial charge in [0, 0.05) is 13.6 Å². The van der Waals surface area contributed by atoms with Crippen LogP contribution in [0.4, 0.5) is 5.69 Å². The molecule has 1 aromatic carbocycles. The lowest BCUT2D eigenvalue weighted by Crippen LogP contribution is -2.28. The van der Waals surface area contributed by atoms with Gasteiger partial charge in [-0.25, -0.2) is 0 Å². The Hall–Kier alpha value is -1.22. The van der Waals surface area contributed by atoms with Gasteiger partial charge in [0.15, 0.2) is 0 Å². The first-order chi connectivity index (χ1) is 6.81. The molecule has 1 N–H and O–H groups in total. The Morgan fingerprint density at radius 1 is 1.50 bits per heavy atom. The van der Waals surface area contributed by atoms with E-state index in [-0.39, 0.29) is 0 Å². The molecule has 0 unspecified atom stereocenters. The standard InChI is InChI=1S/C11H16N2O/c1-12-8-9-3-4-10-11(7-9)14-6-5-13(10)2/h3-4,7,12H,5-6,8H2,1-2H3. The maximum atomic E-state index is 5.61. The summed E-state index contributed by atoms with van der Waals surface area (Å²) in [7, 11) is 4.05. The summed E-state index contributed by atoms with van der Waals surface area (Å²) in [6.07, 6.45) is 0. The minimum absolute atomic E-state index is 0.784. The predicted octanol–water partition coefficient (Wildman–Crippen LogP) is 1.23. The molecule has 14 heavy (non-hydrogen) atoms. The molecule has 76 valence electrons. The van der Waals surface area contributed by atoms with Gasteiger partial charge in [-0.1, -0.05) is 6.07 Å². The van der Waals surface area contributed by atoms with Crippen molar-refractivity contribution in [2.24, 2.45) is 0 Å². The monoisotopic (exact) mass is 192 g/mol. The average molecular weight is 192 g/mol. The number of hydrogen-bond acceptors (Lipinski definition) is 3. The molecule has 3 nitrogen and oxygen atoms in total. The maximum Gasteiger partial charge on any atom is 0.143 e. The van der Waals surface area contributed by atoms with Crippen LogP contribution in [-0.4, -0.2) is 27.2 Å². The summed E-state index contributed by atoms with van der Waals surface area (Å²) in [6, 6.07) is 6.38. The van der Waals surface area contributed by atoms with Gasteiger partial charge in [0.05, 0.1) is 12.2 Å². The van der Waals surface area contributed by atoms with Crippen LogP contribution < -0.4 is 15.0 Å². The number of nitrogens with one attached hydrogen (secondary N) is 1. The van der Waals surface area contributed by atoms with Crippen LogP contribution in [0.2, 0.25) is 0 Å². The number of nitrogens with zero attached hydrogens (tertiary/aromatic N) is 1. The van der Waals surface area contributed by atoms with Crippen LogP contribution in [0.1, 0.15) is 5.56 Å². The van der Waals surface area contributed by atoms with E-state index in [0.29, 0.717) is 0 Å². The number of anilines is 1. The van der Waals surface area contributed by atoms with Crippen LogP contribution >= 0.6 is 0 Å². The highest BCUT2D eigenvalue weighted by atomic mass is 16.5. The highest BCUT2D eigenvalue weighted by Gasteiger charge is 2.14. The lowest BCUT2D eigenvalue weighted by atomic mass is 10.1. The number of fused-ring (bicyclic) bond motifs is 1. The van der Waals surface area contributed by atoms with Gasteiger partial charge in [0.25, 0.3) is 0 Å². The average Bonchev–Trinajstić information content (AvgIpc) is 2.18. The largest absolute Gasteiger partial charge is 0.490 e. The van der Waals surface area contributed by atoms with Crippen LogP contribution in [0, 0.1) is 0 Å². The number of hydrogen-bond donors (Lipinski definition) is 1. The SMILES string of the molecule is CNCc1ccc2c(c1)OCCN2C. The van der Waals surface area contributed by atoms with E-state index in [1.54, 1.807) is 0 Å². The number of likely N-dealkylation sites (N-methyl/N-ethyl adjacent to an activating group) is 1. The van der Waals surface area contributed by atoms with Gasteiger partial charge >= 0.3 is 0 Å². The predicted molar refractivity (Wildman–Crippen MR) is 58.0 cm³/mol. The molecule has 1 aliphatic rings. The molecule has 0 atom stereocenters. The van der Waals surface area contributed by atoms with Crippen LogP contribution in [0.5, 0.6) is 5.75 Å². The van der Waals surface area contributed by atoms with Gasteiger partial charge in [0.1, 0.15) is 12.4 Å². The van der Waals surface area contributed by atoms with Gasteiger partial charge in [-0.3, -0.25) is 0 Å². The molecular formula is C11H16N2O. The third kappa shape index (κ3) is 1.68. The van der Waals surface area contributed by atoms with Crippen molar-refractivity contribution in [2.45, 2.75) is 6.54 Å². The topological polar surface area (TPSA) is 24.5 Å². The van der Waals surface area contributed by atoms with Crippen LogP contribution in [-0.2, 0) is 6.54 Å². The Morgan fingerprint density at radius 3 is 3.14 bits per heavy atom. The summed E-state index contributed by atoms with van der Waals surface area (Å²) < 4.78 is 5.61. The highest BCUT2D eigenvalue weighted by Crippen LogP contribution is 2.31. The summed E-state index contributed by atoms with van der Waals surface area (Å²) in [5.74, 6) is 1.01. The van der Waals surface area contributed by atoms with E-state index in [1.165, 1.54) is 11.3 Å². The van der Waals surface area contributed by atoms with E-state index in [9.17, 15) is 0 Å². The molecule has 0 saturated carbocycles. The van der Waals surface area contributed by atoms with Gasteiger partial charge in [-0.05, 0) is 24.7 Å². The summed E-state index contributed by atoms with van der Waals surface area (Å²) in [4.78, 5) is 2.22. The van der Waals surface area contributed by atoms with E-state index in [2.05, 4.69) is 35.5 Å². The molecule has 0 aliphatic carbocycles. The fraction of sp³-hybridized carbons (Fsp3) is 0.455. The third-order valence-electron chi connectivity index (χ3n) is 2.50. The Balaban J connectivity index is 2.29. The minimum Gasteiger partial charge on any atom is -0.490 e. The van der Waals surface area contributed by atoms with Crippen molar-refractivity contribution in [1.82, 2.24) is 5.32 Å². The summed E-state index contributed by atoms with van der Waals surface area (Å²) in [5.41, 5.74) is 2.46. The molecule has 1 aromatic rings. The summed E-state index contributed by atoms with van der Waals surface area (Å²) >= 11 is 0. The molecule has 0 bridgehead atoms. The van der Waals surface area contributed by atoms with E-state index in [0.717, 1.165) is 25.4 Å². The fourth-order valence-electron chi connectivity index (χ4n) is 1.72. The lowest BCUT2D eigenvalue weighted by Gasteiger charge is -2.27. The maximum absolute atomic E-state index is 5.61. The van der Waals surface area contributed by atoms with E-state index < -0.39 is 0 Å². The molecule has 0 amide bonds. The second-order valence-corrected chi connectivity index (χ2v) is 3.60. The van der Waals surface area contributed by atoms with E-state index in [1.807, 2.05) is 7.05 Å². The Bertz CT molecular complexity index is 325. The summed E-state index contributed by atoms with van der Waals surface area (Å²) in [5, 5.41) is 3.13. The number of rotatable bonds is 2. The smallest absolute Gasteiger partial charge is 0.143 e. The van der Waals surface area contributed by atoms with Crippen molar-refractivity contribution >= 4 is 5.69 Å². The van der Waals surface area contributed by atoms with Gasteiger partial charge < -0.3 is 15.0 Å². The molecule has 3 heteroatoms. The zero-order valence-corrected chi connectivity index (χ0v) is 8.71. The second-order valence-electron chi connectivity index (χ2n) is 3.60. The first-order valence-electron chi connectivity index (χ1n) is 4.92. The molecule has 0 fully saturated rings. The van der Waals surface area contributed by atoms with Gasteiger partial charge in [0.2, 0.25) is 0 Å². The normalized spacial score (nSPS) is 14.9. The van der Waals surface area contributed by atoms with Crippen molar-refractivity contribution in [2.75, 3.05) is 32.1 Å². The lowest BCUT2D eigenvalue weighted by molar-refractivity contribution is 0.311. The number of ether oxygens (including phenoxy) is 1. The van der Waals surface area contributed by atoms with Crippen molar-refractivity contribution in [3.63, 3.8) is 0 Å². The second kappa shape index (κ2) is 3.88. The molecule has 0 saturated heterocycles.